The van der Waals surface area contributed by atoms with Crippen LogP contribution in [0, 0.1) is 6.92 Å². The Hall–Kier alpha value is -3.34. The molecule has 1 saturated heterocycles. The molecule has 1 fully saturated rings. The summed E-state index contributed by atoms with van der Waals surface area (Å²) in [6.07, 6.45) is 1.56. The monoisotopic (exact) mass is 363 g/mol. The second-order valence-corrected chi connectivity index (χ2v) is 6.38. The minimum absolute atomic E-state index is 0.0795. The molecule has 1 heterocycles. The van der Waals surface area contributed by atoms with Crippen LogP contribution in [0.1, 0.15) is 22.7 Å². The first kappa shape index (κ1) is 18.5. The minimum atomic E-state index is -0.698. The Morgan fingerprint density at radius 2 is 1.78 bits per heavy atom. The maximum atomic E-state index is 12.7. The van der Waals surface area contributed by atoms with Crippen LogP contribution in [0.2, 0.25) is 0 Å². The quantitative estimate of drug-likeness (QED) is 0.381. The van der Waals surface area contributed by atoms with Crippen LogP contribution in [0.25, 0.3) is 5.76 Å². The van der Waals surface area contributed by atoms with E-state index >= 15 is 0 Å². The maximum absolute atomic E-state index is 12.7. The number of ether oxygens (including phenoxy) is 1. The predicted octanol–water partition coefficient (Wildman–Crippen LogP) is 3.61. The van der Waals surface area contributed by atoms with Crippen molar-refractivity contribution >= 4 is 17.4 Å². The number of aliphatic hydroxyl groups is 1. The summed E-state index contributed by atoms with van der Waals surface area (Å²) in [6, 6.07) is 13.6. The molecule has 2 aromatic rings. The Morgan fingerprint density at radius 3 is 2.33 bits per heavy atom. The van der Waals surface area contributed by atoms with E-state index in [0.29, 0.717) is 16.9 Å². The van der Waals surface area contributed by atoms with Gasteiger partial charge in [0.15, 0.2) is 0 Å². The summed E-state index contributed by atoms with van der Waals surface area (Å²) in [5.41, 5.74) is 2.32. The number of aryl methyl sites for hydroxylation is 1. The average Bonchev–Trinajstić information content (AvgIpc) is 2.93. The molecule has 1 aliphatic heterocycles. The van der Waals surface area contributed by atoms with Gasteiger partial charge in [-0.15, -0.1) is 6.58 Å². The number of nitrogens with zero attached hydrogens (tertiary/aromatic N) is 1. The molecule has 0 aliphatic carbocycles. The summed E-state index contributed by atoms with van der Waals surface area (Å²) < 4.78 is 5.18. The third-order valence-electron chi connectivity index (χ3n) is 4.62. The Bertz CT molecular complexity index is 910. The first-order chi connectivity index (χ1) is 13.0. The number of amides is 1. The highest BCUT2D eigenvalue weighted by molar-refractivity contribution is 6.46. The molecule has 3 rings (SSSR count). The second-order valence-electron chi connectivity index (χ2n) is 6.38. The summed E-state index contributed by atoms with van der Waals surface area (Å²) in [4.78, 5) is 26.7. The highest BCUT2D eigenvalue weighted by Gasteiger charge is 2.45. The van der Waals surface area contributed by atoms with E-state index in [2.05, 4.69) is 6.58 Å². The number of hydrogen-bond donors (Lipinski definition) is 1. The van der Waals surface area contributed by atoms with E-state index in [-0.39, 0.29) is 17.9 Å². The number of methoxy groups -OCH3 is 1. The molecule has 1 N–H and O–H groups in total. The van der Waals surface area contributed by atoms with Crippen molar-refractivity contribution in [1.82, 2.24) is 4.90 Å². The lowest BCUT2D eigenvalue weighted by Crippen LogP contribution is -2.29. The van der Waals surface area contributed by atoms with Gasteiger partial charge in [-0.1, -0.05) is 48.0 Å². The lowest BCUT2D eigenvalue weighted by Gasteiger charge is -2.24. The molecule has 5 heteroatoms. The highest BCUT2D eigenvalue weighted by Crippen LogP contribution is 2.39. The Labute approximate surface area is 158 Å². The van der Waals surface area contributed by atoms with Gasteiger partial charge >= 0.3 is 0 Å². The Morgan fingerprint density at radius 1 is 1.15 bits per heavy atom. The molecule has 1 unspecified atom stereocenters. The molecule has 5 nitrogen and oxygen atoms in total. The highest BCUT2D eigenvalue weighted by atomic mass is 16.5. The van der Waals surface area contributed by atoms with Gasteiger partial charge in [-0.3, -0.25) is 9.59 Å². The van der Waals surface area contributed by atoms with Crippen molar-refractivity contribution in [1.29, 1.82) is 0 Å². The fraction of sp³-hybridized carbons (Fsp3) is 0.182. The summed E-state index contributed by atoms with van der Waals surface area (Å²) in [6.45, 7) is 5.81. The standard InChI is InChI=1S/C22H21NO4/c1-4-13-23-19(15-9-11-17(27-3)12-10-15)18(21(25)22(23)26)20(24)16-7-5-14(2)6-8-16/h4-12,19,24H,1,13H2,2-3H3. The van der Waals surface area contributed by atoms with Crippen molar-refractivity contribution in [2.24, 2.45) is 0 Å². The number of carbonyl (C=O) groups excluding carboxylic acids is 2. The zero-order chi connectivity index (χ0) is 19.6. The van der Waals surface area contributed by atoms with Crippen molar-refractivity contribution in [3.8, 4) is 5.75 Å². The van der Waals surface area contributed by atoms with Crippen LogP contribution in [0.3, 0.4) is 0 Å². The van der Waals surface area contributed by atoms with Crippen LogP contribution in [0.4, 0.5) is 0 Å². The smallest absolute Gasteiger partial charge is 0.295 e. The lowest BCUT2D eigenvalue weighted by atomic mass is 9.95. The fourth-order valence-electron chi connectivity index (χ4n) is 3.21. The van der Waals surface area contributed by atoms with Gasteiger partial charge in [0.25, 0.3) is 11.7 Å². The van der Waals surface area contributed by atoms with Crippen LogP contribution < -0.4 is 4.74 Å². The van der Waals surface area contributed by atoms with Crippen molar-refractivity contribution in [3.05, 3.63) is 83.4 Å². The minimum Gasteiger partial charge on any atom is -0.507 e. The second kappa shape index (κ2) is 7.50. The zero-order valence-electron chi connectivity index (χ0n) is 15.3. The molecule has 27 heavy (non-hydrogen) atoms. The van der Waals surface area contributed by atoms with Gasteiger partial charge in [0.2, 0.25) is 0 Å². The zero-order valence-corrected chi connectivity index (χ0v) is 15.3. The maximum Gasteiger partial charge on any atom is 0.295 e. The average molecular weight is 363 g/mol. The molecular weight excluding hydrogens is 342 g/mol. The normalized spacial score (nSPS) is 18.6. The van der Waals surface area contributed by atoms with E-state index in [1.54, 1.807) is 49.6 Å². The topological polar surface area (TPSA) is 66.8 Å². The van der Waals surface area contributed by atoms with Crippen LogP contribution in [0.15, 0.2) is 66.8 Å². The summed E-state index contributed by atoms with van der Waals surface area (Å²) in [7, 11) is 1.57. The third kappa shape index (κ3) is 3.36. The molecule has 138 valence electrons. The number of aliphatic hydroxyl groups excluding tert-OH is 1. The molecule has 1 aliphatic rings. The largest absolute Gasteiger partial charge is 0.507 e. The summed E-state index contributed by atoms with van der Waals surface area (Å²) >= 11 is 0. The van der Waals surface area contributed by atoms with Crippen LogP contribution in [-0.2, 0) is 9.59 Å². The summed E-state index contributed by atoms with van der Waals surface area (Å²) in [5.74, 6) is -0.862. The van der Waals surface area contributed by atoms with Gasteiger partial charge in [0, 0.05) is 12.1 Å². The van der Waals surface area contributed by atoms with Crippen LogP contribution in [-0.4, -0.2) is 35.4 Å². The molecular formula is C22H21NO4. The van der Waals surface area contributed by atoms with E-state index in [0.717, 1.165) is 5.56 Å². The summed E-state index contributed by atoms with van der Waals surface area (Å²) in [5, 5.41) is 10.8. The van der Waals surface area contributed by atoms with Gasteiger partial charge in [0.05, 0.1) is 18.7 Å². The number of carbonyl (C=O) groups is 2. The van der Waals surface area contributed by atoms with Crippen molar-refractivity contribution < 1.29 is 19.4 Å². The van der Waals surface area contributed by atoms with E-state index in [9.17, 15) is 14.7 Å². The molecule has 0 spiro atoms. The van der Waals surface area contributed by atoms with E-state index in [1.165, 1.54) is 4.90 Å². The molecule has 0 bridgehead atoms. The number of ketones is 1. The Kier molecular flexibility index (Phi) is 5.12. The number of likely N-dealkylation sites (tertiary alicyclic amines) is 1. The van der Waals surface area contributed by atoms with Crippen molar-refractivity contribution in [3.63, 3.8) is 0 Å². The third-order valence-corrected chi connectivity index (χ3v) is 4.62. The van der Waals surface area contributed by atoms with Crippen molar-refractivity contribution in [2.75, 3.05) is 13.7 Å². The molecule has 1 amide bonds. The number of hydrogen-bond acceptors (Lipinski definition) is 4. The number of Topliss-reactive ketones (excluding diaryl/α,β-unsaturated/α-hetero) is 1. The molecule has 0 aromatic heterocycles. The number of benzene rings is 2. The molecule has 1 atom stereocenters. The van der Waals surface area contributed by atoms with Crippen molar-refractivity contribution in [2.45, 2.75) is 13.0 Å². The van der Waals surface area contributed by atoms with E-state index in [1.807, 2.05) is 19.1 Å². The van der Waals surface area contributed by atoms with Gasteiger partial charge in [-0.25, -0.2) is 0 Å². The number of rotatable bonds is 5. The van der Waals surface area contributed by atoms with Gasteiger partial charge in [-0.05, 0) is 24.6 Å². The Balaban J connectivity index is 2.16. The first-order valence-corrected chi connectivity index (χ1v) is 8.58. The lowest BCUT2D eigenvalue weighted by molar-refractivity contribution is -0.139. The van der Waals surface area contributed by atoms with Crippen LogP contribution >= 0.6 is 0 Å². The molecule has 0 radical (unpaired) electrons. The SMILES string of the molecule is C=CCN1C(=O)C(=O)C(=C(O)c2ccc(C)cc2)C1c1ccc(OC)cc1. The molecule has 0 saturated carbocycles. The van der Waals surface area contributed by atoms with E-state index in [4.69, 9.17) is 4.74 Å². The van der Waals surface area contributed by atoms with E-state index < -0.39 is 17.7 Å². The van der Waals surface area contributed by atoms with Gasteiger partial charge in [0.1, 0.15) is 11.5 Å². The first-order valence-electron chi connectivity index (χ1n) is 8.58. The van der Waals surface area contributed by atoms with Gasteiger partial charge in [-0.2, -0.15) is 0 Å². The fourth-order valence-corrected chi connectivity index (χ4v) is 3.21. The molecule has 2 aromatic carbocycles. The van der Waals surface area contributed by atoms with Gasteiger partial charge < -0.3 is 14.7 Å². The van der Waals surface area contributed by atoms with Crippen LogP contribution in [0.5, 0.6) is 5.75 Å². The predicted molar refractivity (Wildman–Crippen MR) is 103 cm³/mol.